The second-order valence-corrected chi connectivity index (χ2v) is 6.32. The maximum atomic E-state index is 11.9. The van der Waals surface area contributed by atoms with E-state index in [1.165, 1.54) is 11.3 Å². The van der Waals surface area contributed by atoms with Crippen LogP contribution in [0.5, 0.6) is 0 Å². The van der Waals surface area contributed by atoms with Crippen LogP contribution in [0.15, 0.2) is 35.7 Å². The molecule has 1 aromatic carbocycles. The molecule has 22 heavy (non-hydrogen) atoms. The number of benzene rings is 1. The highest BCUT2D eigenvalue weighted by Gasteiger charge is 2.35. The molecule has 0 bridgehead atoms. The Balaban J connectivity index is 1.53. The van der Waals surface area contributed by atoms with Crippen molar-refractivity contribution >= 4 is 23.2 Å². The van der Waals surface area contributed by atoms with E-state index < -0.39 is 5.97 Å². The number of carbonyl (C=O) groups excluding carboxylic acids is 1. The molecule has 1 aliphatic carbocycles. The number of carboxylic acid groups (broad SMARTS) is 1. The minimum absolute atomic E-state index is 0.0131. The first-order valence-electron chi connectivity index (χ1n) is 7.14. The summed E-state index contributed by atoms with van der Waals surface area (Å²) in [6.07, 6.45) is 1.28. The van der Waals surface area contributed by atoms with Gasteiger partial charge in [0.25, 0.3) is 0 Å². The topological polar surface area (TPSA) is 79.3 Å². The van der Waals surface area contributed by atoms with Gasteiger partial charge in [-0.2, -0.15) is 0 Å². The van der Waals surface area contributed by atoms with Crippen molar-refractivity contribution in [3.05, 3.63) is 41.4 Å². The zero-order valence-electron chi connectivity index (χ0n) is 11.9. The van der Waals surface area contributed by atoms with Gasteiger partial charge in [-0.25, -0.2) is 4.98 Å². The molecule has 0 saturated heterocycles. The first-order valence-corrected chi connectivity index (χ1v) is 8.02. The summed E-state index contributed by atoms with van der Waals surface area (Å²) in [5, 5.41) is 14.5. The Bertz CT molecular complexity index is 678. The third kappa shape index (κ3) is 3.33. The maximum Gasteiger partial charge on any atom is 0.306 e. The van der Waals surface area contributed by atoms with Gasteiger partial charge in [0.05, 0.1) is 18.0 Å². The van der Waals surface area contributed by atoms with Crippen LogP contribution in [0.25, 0.3) is 10.6 Å². The number of rotatable bonds is 5. The molecular weight excluding hydrogens is 300 g/mol. The quantitative estimate of drug-likeness (QED) is 0.887. The van der Waals surface area contributed by atoms with Crippen LogP contribution in [-0.2, 0) is 16.0 Å². The van der Waals surface area contributed by atoms with Crippen molar-refractivity contribution in [1.29, 1.82) is 0 Å². The van der Waals surface area contributed by atoms with Gasteiger partial charge in [0, 0.05) is 17.0 Å². The Hall–Kier alpha value is -2.21. The van der Waals surface area contributed by atoms with Crippen molar-refractivity contribution in [2.45, 2.75) is 25.3 Å². The molecule has 1 aliphatic rings. The van der Waals surface area contributed by atoms with Crippen molar-refractivity contribution in [1.82, 2.24) is 10.3 Å². The molecular formula is C16H16N2O3S. The molecule has 1 saturated carbocycles. The van der Waals surface area contributed by atoms with Gasteiger partial charge in [-0.05, 0) is 12.8 Å². The number of aromatic nitrogens is 1. The van der Waals surface area contributed by atoms with Gasteiger partial charge in [0.15, 0.2) is 0 Å². The summed E-state index contributed by atoms with van der Waals surface area (Å²) in [6.45, 7) is 0. The number of thiazole rings is 1. The van der Waals surface area contributed by atoms with Crippen LogP contribution in [-0.4, -0.2) is 28.0 Å². The van der Waals surface area contributed by atoms with E-state index in [-0.39, 0.29) is 24.3 Å². The fourth-order valence-corrected chi connectivity index (χ4v) is 3.31. The maximum absolute atomic E-state index is 11.9. The van der Waals surface area contributed by atoms with Gasteiger partial charge in [-0.15, -0.1) is 11.3 Å². The van der Waals surface area contributed by atoms with Gasteiger partial charge in [0.1, 0.15) is 5.01 Å². The first kappa shape index (κ1) is 14.7. The van der Waals surface area contributed by atoms with Crippen molar-refractivity contribution in [3.63, 3.8) is 0 Å². The predicted octanol–water partition coefficient (Wildman–Crippen LogP) is 2.33. The predicted molar refractivity (Wildman–Crippen MR) is 83.5 cm³/mol. The summed E-state index contributed by atoms with van der Waals surface area (Å²) >= 11 is 1.52. The van der Waals surface area contributed by atoms with Crippen molar-refractivity contribution in [2.75, 3.05) is 0 Å². The normalized spacial score (nSPS) is 20.2. The van der Waals surface area contributed by atoms with Crippen LogP contribution in [0.4, 0.5) is 0 Å². The highest BCUT2D eigenvalue weighted by molar-refractivity contribution is 7.13. The molecule has 0 radical (unpaired) electrons. The second-order valence-electron chi connectivity index (χ2n) is 5.46. The summed E-state index contributed by atoms with van der Waals surface area (Å²) in [6, 6.07) is 9.83. The van der Waals surface area contributed by atoms with Gasteiger partial charge in [-0.1, -0.05) is 30.3 Å². The number of hydrogen-bond acceptors (Lipinski definition) is 4. The standard InChI is InChI=1S/C16H16N2O3S/c19-14(17-12-6-11(7-12)16(20)21)8-13-9-22-15(18-13)10-4-2-1-3-5-10/h1-5,9,11-12H,6-8H2,(H,17,19)(H,20,21). The van der Waals surface area contributed by atoms with E-state index in [1.807, 2.05) is 35.7 Å². The molecule has 2 N–H and O–H groups in total. The molecule has 1 amide bonds. The van der Waals surface area contributed by atoms with Gasteiger partial charge >= 0.3 is 5.97 Å². The third-order valence-electron chi connectivity index (χ3n) is 3.77. The highest BCUT2D eigenvalue weighted by atomic mass is 32.1. The summed E-state index contributed by atoms with van der Waals surface area (Å²) in [4.78, 5) is 27.1. The molecule has 5 nitrogen and oxygen atoms in total. The monoisotopic (exact) mass is 316 g/mol. The average Bonchev–Trinajstić information content (AvgIpc) is 2.91. The summed E-state index contributed by atoms with van der Waals surface area (Å²) in [5.74, 6) is -1.19. The van der Waals surface area contributed by atoms with Crippen LogP contribution in [0.2, 0.25) is 0 Å². The van der Waals surface area contributed by atoms with E-state index in [4.69, 9.17) is 5.11 Å². The van der Waals surface area contributed by atoms with Crippen LogP contribution in [0.1, 0.15) is 18.5 Å². The van der Waals surface area contributed by atoms with E-state index in [0.717, 1.165) is 16.3 Å². The number of carboxylic acids is 1. The van der Waals surface area contributed by atoms with E-state index >= 15 is 0 Å². The Morgan fingerprint density at radius 2 is 2.00 bits per heavy atom. The Kier molecular flexibility index (Phi) is 4.20. The van der Waals surface area contributed by atoms with Gasteiger partial charge < -0.3 is 10.4 Å². The lowest BCUT2D eigenvalue weighted by Gasteiger charge is -2.32. The van der Waals surface area contributed by atoms with E-state index in [0.29, 0.717) is 12.8 Å². The fourth-order valence-electron chi connectivity index (χ4n) is 2.48. The van der Waals surface area contributed by atoms with Crippen LogP contribution >= 0.6 is 11.3 Å². The van der Waals surface area contributed by atoms with Gasteiger partial charge in [-0.3, -0.25) is 9.59 Å². The van der Waals surface area contributed by atoms with Crippen molar-refractivity contribution in [2.24, 2.45) is 5.92 Å². The molecule has 0 spiro atoms. The second kappa shape index (κ2) is 6.27. The van der Waals surface area contributed by atoms with Crippen LogP contribution in [0, 0.1) is 5.92 Å². The molecule has 0 aliphatic heterocycles. The molecule has 6 heteroatoms. The molecule has 2 aromatic rings. The zero-order valence-corrected chi connectivity index (χ0v) is 12.7. The highest BCUT2D eigenvalue weighted by Crippen LogP contribution is 2.27. The summed E-state index contributed by atoms with van der Waals surface area (Å²) < 4.78 is 0. The number of amides is 1. The summed E-state index contributed by atoms with van der Waals surface area (Å²) in [7, 11) is 0. The van der Waals surface area contributed by atoms with Crippen molar-refractivity contribution in [3.8, 4) is 10.6 Å². The molecule has 114 valence electrons. The number of hydrogen-bond donors (Lipinski definition) is 2. The first-order chi connectivity index (χ1) is 10.6. The Morgan fingerprint density at radius 3 is 2.68 bits per heavy atom. The van der Waals surface area contributed by atoms with E-state index in [9.17, 15) is 9.59 Å². The largest absolute Gasteiger partial charge is 0.481 e. The van der Waals surface area contributed by atoms with Crippen LogP contribution in [0.3, 0.4) is 0 Å². The minimum Gasteiger partial charge on any atom is -0.481 e. The lowest BCUT2D eigenvalue weighted by molar-refractivity contribution is -0.146. The molecule has 3 rings (SSSR count). The number of aliphatic carboxylic acids is 1. The fraction of sp³-hybridized carbons (Fsp3) is 0.312. The number of nitrogens with zero attached hydrogens (tertiary/aromatic N) is 1. The summed E-state index contributed by atoms with van der Waals surface area (Å²) in [5.41, 5.74) is 1.79. The smallest absolute Gasteiger partial charge is 0.306 e. The van der Waals surface area contributed by atoms with Gasteiger partial charge in [0.2, 0.25) is 5.91 Å². The Labute approximate surface area is 132 Å². The SMILES string of the molecule is O=C(Cc1csc(-c2ccccc2)n1)NC1CC(C(=O)O)C1. The van der Waals surface area contributed by atoms with Crippen molar-refractivity contribution < 1.29 is 14.7 Å². The molecule has 1 aromatic heterocycles. The average molecular weight is 316 g/mol. The Morgan fingerprint density at radius 1 is 1.27 bits per heavy atom. The third-order valence-corrected chi connectivity index (χ3v) is 4.71. The number of carbonyl (C=O) groups is 2. The van der Waals surface area contributed by atoms with E-state index in [2.05, 4.69) is 10.3 Å². The molecule has 1 heterocycles. The lowest BCUT2D eigenvalue weighted by atomic mass is 9.80. The molecule has 0 unspecified atom stereocenters. The zero-order chi connectivity index (χ0) is 15.5. The molecule has 0 atom stereocenters. The molecule has 1 fully saturated rings. The van der Waals surface area contributed by atoms with E-state index in [1.54, 1.807) is 0 Å². The number of nitrogens with one attached hydrogen (secondary N) is 1. The van der Waals surface area contributed by atoms with Crippen LogP contribution < -0.4 is 5.32 Å². The lowest BCUT2D eigenvalue weighted by Crippen LogP contribution is -2.47. The minimum atomic E-state index is -0.780.